The Bertz CT molecular complexity index is 563. The van der Waals surface area contributed by atoms with Crippen molar-refractivity contribution in [3.63, 3.8) is 0 Å². The Morgan fingerprint density at radius 3 is 3.06 bits per heavy atom. The summed E-state index contributed by atoms with van der Waals surface area (Å²) in [7, 11) is 0. The Hall–Kier alpha value is -1.54. The van der Waals surface area contributed by atoms with Crippen LogP contribution in [0, 0.1) is 0 Å². The average Bonchev–Trinajstić information content (AvgIpc) is 2.74. The normalized spacial score (nSPS) is 12.5. The van der Waals surface area contributed by atoms with E-state index >= 15 is 0 Å². The van der Waals surface area contributed by atoms with Gasteiger partial charge in [-0.2, -0.15) is 0 Å². The number of carboxylic acid groups (broad SMARTS) is 1. The lowest BCUT2D eigenvalue weighted by Crippen LogP contribution is -2.33. The molecule has 0 aromatic carbocycles. The molecule has 0 radical (unpaired) electrons. The monoisotopic (exact) mass is 271 g/mol. The Morgan fingerprint density at radius 1 is 1.59 bits per heavy atom. The van der Waals surface area contributed by atoms with Crippen LogP contribution in [0.1, 0.15) is 23.7 Å². The smallest absolute Gasteiger partial charge is 0.305 e. The van der Waals surface area contributed by atoms with E-state index in [0.29, 0.717) is 5.56 Å². The van der Waals surface area contributed by atoms with Crippen LogP contribution in [-0.4, -0.2) is 32.6 Å². The number of aromatic nitrogens is 2. The first-order chi connectivity index (χ1) is 8.08. The van der Waals surface area contributed by atoms with Crippen molar-refractivity contribution in [1.29, 1.82) is 0 Å². The summed E-state index contributed by atoms with van der Waals surface area (Å²) in [6.45, 7) is 1.65. The molecule has 0 unspecified atom stereocenters. The van der Waals surface area contributed by atoms with E-state index in [0.717, 1.165) is 21.1 Å². The zero-order valence-corrected chi connectivity index (χ0v) is 10.5. The predicted molar refractivity (Wildman–Crippen MR) is 64.5 cm³/mol. The van der Waals surface area contributed by atoms with Gasteiger partial charge in [-0.05, 0) is 18.5 Å². The number of aliphatic carboxylic acids is 1. The summed E-state index contributed by atoms with van der Waals surface area (Å²) in [5.74, 6) is -1.22. The quantitative estimate of drug-likeness (QED) is 0.875. The molecule has 17 heavy (non-hydrogen) atoms. The molecule has 0 aliphatic rings. The summed E-state index contributed by atoms with van der Waals surface area (Å²) in [6, 6.07) is -0.407. The standard InChI is InChI=1S/C9H9N3O3S2/c1-4(2-6(13)14)10-8(15)5-3-16-9-7(5)17-12-11-9/h3-4H,2H2,1H3,(H,10,15)(H,13,14)/t4-/m1/s1. The van der Waals surface area contributed by atoms with Gasteiger partial charge in [0.15, 0.2) is 4.83 Å². The third-order valence-electron chi connectivity index (χ3n) is 2.09. The number of hydrogen-bond donors (Lipinski definition) is 2. The van der Waals surface area contributed by atoms with E-state index in [1.54, 1.807) is 12.3 Å². The number of nitrogens with one attached hydrogen (secondary N) is 1. The van der Waals surface area contributed by atoms with Gasteiger partial charge in [-0.25, -0.2) is 0 Å². The minimum Gasteiger partial charge on any atom is -0.481 e. The summed E-state index contributed by atoms with van der Waals surface area (Å²) in [5, 5.41) is 16.8. The minimum absolute atomic E-state index is 0.0973. The number of carboxylic acids is 1. The van der Waals surface area contributed by atoms with Crippen molar-refractivity contribution in [1.82, 2.24) is 14.9 Å². The van der Waals surface area contributed by atoms with Crippen LogP contribution >= 0.6 is 22.9 Å². The lowest BCUT2D eigenvalue weighted by molar-refractivity contribution is -0.137. The van der Waals surface area contributed by atoms with Gasteiger partial charge in [-0.1, -0.05) is 4.49 Å². The van der Waals surface area contributed by atoms with Crippen LogP contribution in [0.3, 0.4) is 0 Å². The van der Waals surface area contributed by atoms with E-state index in [1.165, 1.54) is 11.3 Å². The molecule has 0 spiro atoms. The van der Waals surface area contributed by atoms with E-state index < -0.39 is 12.0 Å². The van der Waals surface area contributed by atoms with Crippen LogP contribution in [0.15, 0.2) is 5.38 Å². The van der Waals surface area contributed by atoms with Gasteiger partial charge in [-0.3, -0.25) is 9.59 Å². The Balaban J connectivity index is 2.10. The summed E-state index contributed by atoms with van der Waals surface area (Å²) in [5.41, 5.74) is 0.511. The molecule has 2 N–H and O–H groups in total. The van der Waals surface area contributed by atoms with Crippen LogP contribution in [0.4, 0.5) is 0 Å². The number of carbonyl (C=O) groups excluding carboxylic acids is 1. The third-order valence-corrected chi connectivity index (χ3v) is 3.84. The van der Waals surface area contributed by atoms with Gasteiger partial charge in [-0.15, -0.1) is 16.4 Å². The summed E-state index contributed by atoms with van der Waals surface area (Å²) in [6.07, 6.45) is -0.0973. The molecule has 2 aromatic rings. The fourth-order valence-electron chi connectivity index (χ4n) is 1.36. The van der Waals surface area contributed by atoms with Gasteiger partial charge in [0.2, 0.25) is 0 Å². The first-order valence-corrected chi connectivity index (χ1v) is 6.45. The molecule has 0 aliphatic heterocycles. The van der Waals surface area contributed by atoms with Gasteiger partial charge in [0.25, 0.3) is 5.91 Å². The minimum atomic E-state index is -0.937. The molecule has 0 fully saturated rings. The highest BCUT2D eigenvalue weighted by atomic mass is 32.1. The Kier molecular flexibility index (Phi) is 3.34. The highest BCUT2D eigenvalue weighted by molar-refractivity contribution is 7.24. The van der Waals surface area contributed by atoms with Gasteiger partial charge in [0.05, 0.1) is 16.7 Å². The second-order valence-electron chi connectivity index (χ2n) is 3.53. The molecule has 1 amide bonds. The van der Waals surface area contributed by atoms with Gasteiger partial charge in [0, 0.05) is 11.4 Å². The Labute approximate surface area is 104 Å². The second kappa shape index (κ2) is 4.76. The molecule has 2 heterocycles. The average molecular weight is 271 g/mol. The van der Waals surface area contributed by atoms with Crippen LogP contribution in [0.25, 0.3) is 9.53 Å². The number of hydrogen-bond acceptors (Lipinski definition) is 6. The highest BCUT2D eigenvalue weighted by Crippen LogP contribution is 2.26. The first kappa shape index (κ1) is 11.9. The number of nitrogens with zero attached hydrogens (tertiary/aromatic N) is 2. The molecular formula is C9H9N3O3S2. The van der Waals surface area contributed by atoms with E-state index in [1.807, 2.05) is 0 Å². The third kappa shape index (κ3) is 2.59. The lowest BCUT2D eigenvalue weighted by Gasteiger charge is -2.10. The molecule has 90 valence electrons. The van der Waals surface area contributed by atoms with E-state index in [4.69, 9.17) is 5.11 Å². The van der Waals surface area contributed by atoms with Crippen molar-refractivity contribution >= 4 is 44.3 Å². The molecule has 0 aliphatic carbocycles. The topological polar surface area (TPSA) is 92.2 Å². The highest BCUT2D eigenvalue weighted by Gasteiger charge is 2.17. The van der Waals surface area contributed by atoms with Crippen LogP contribution < -0.4 is 5.32 Å². The van der Waals surface area contributed by atoms with E-state index in [2.05, 4.69) is 14.9 Å². The maximum absolute atomic E-state index is 11.9. The summed E-state index contributed by atoms with van der Waals surface area (Å²) < 4.78 is 4.51. The molecular weight excluding hydrogens is 262 g/mol. The Morgan fingerprint density at radius 2 is 2.35 bits per heavy atom. The maximum Gasteiger partial charge on any atom is 0.305 e. The predicted octanol–water partition coefficient (Wildman–Crippen LogP) is 1.35. The molecule has 1 atom stereocenters. The van der Waals surface area contributed by atoms with Crippen LogP contribution in [0.2, 0.25) is 0 Å². The fraction of sp³-hybridized carbons (Fsp3) is 0.333. The number of amides is 1. The van der Waals surface area contributed by atoms with E-state index in [-0.39, 0.29) is 12.3 Å². The zero-order valence-electron chi connectivity index (χ0n) is 8.84. The number of carbonyl (C=O) groups is 2. The van der Waals surface area contributed by atoms with Crippen molar-refractivity contribution < 1.29 is 14.7 Å². The largest absolute Gasteiger partial charge is 0.481 e. The molecule has 2 rings (SSSR count). The van der Waals surface area contributed by atoms with Crippen LogP contribution in [-0.2, 0) is 4.79 Å². The van der Waals surface area contributed by atoms with Gasteiger partial charge in [0.1, 0.15) is 0 Å². The number of fused-ring (bicyclic) bond motifs is 1. The first-order valence-electron chi connectivity index (χ1n) is 4.80. The molecule has 0 saturated heterocycles. The second-order valence-corrected chi connectivity index (χ2v) is 5.14. The van der Waals surface area contributed by atoms with Crippen molar-refractivity contribution in [3.05, 3.63) is 10.9 Å². The fourth-order valence-corrected chi connectivity index (χ4v) is 3.08. The molecule has 2 aromatic heterocycles. The SMILES string of the molecule is C[C@H](CC(=O)O)NC(=O)c1csc2nnsc12. The van der Waals surface area contributed by atoms with Crippen molar-refractivity contribution in [3.8, 4) is 0 Å². The van der Waals surface area contributed by atoms with Gasteiger partial charge >= 0.3 is 5.97 Å². The zero-order chi connectivity index (χ0) is 12.4. The lowest BCUT2D eigenvalue weighted by atomic mass is 10.2. The van der Waals surface area contributed by atoms with Crippen molar-refractivity contribution in [2.24, 2.45) is 0 Å². The number of thiophene rings is 1. The maximum atomic E-state index is 11.9. The number of rotatable bonds is 4. The summed E-state index contributed by atoms with van der Waals surface area (Å²) >= 11 is 2.51. The molecule has 6 nitrogen and oxygen atoms in total. The van der Waals surface area contributed by atoms with Crippen molar-refractivity contribution in [2.75, 3.05) is 0 Å². The summed E-state index contributed by atoms with van der Waals surface area (Å²) in [4.78, 5) is 23.1. The van der Waals surface area contributed by atoms with E-state index in [9.17, 15) is 9.59 Å². The molecule has 8 heteroatoms. The van der Waals surface area contributed by atoms with Gasteiger partial charge < -0.3 is 10.4 Å². The van der Waals surface area contributed by atoms with Crippen molar-refractivity contribution in [2.45, 2.75) is 19.4 Å². The molecule has 0 saturated carbocycles. The van der Waals surface area contributed by atoms with Crippen LogP contribution in [0.5, 0.6) is 0 Å². The molecule has 0 bridgehead atoms.